The summed E-state index contributed by atoms with van der Waals surface area (Å²) in [6, 6.07) is 16.8. The molecule has 3 heterocycles. The predicted octanol–water partition coefficient (Wildman–Crippen LogP) is 5.16. The van der Waals surface area contributed by atoms with Gasteiger partial charge in [0.25, 0.3) is 5.91 Å². The molecule has 2 atom stereocenters. The topological polar surface area (TPSA) is 83.4 Å². The van der Waals surface area contributed by atoms with E-state index in [1.807, 2.05) is 54.6 Å². The molecule has 0 spiro atoms. The molecular weight excluding hydrogens is 522 g/mol. The maximum absolute atomic E-state index is 13.5. The first-order valence-electron chi connectivity index (χ1n) is 13.1. The summed E-state index contributed by atoms with van der Waals surface area (Å²) in [5, 5.41) is 18.6. The Balaban J connectivity index is 1.20. The van der Waals surface area contributed by atoms with Gasteiger partial charge in [0.15, 0.2) is 5.71 Å². The van der Waals surface area contributed by atoms with E-state index in [0.717, 1.165) is 76.0 Å². The van der Waals surface area contributed by atoms with Crippen molar-refractivity contribution in [3.63, 3.8) is 0 Å². The Morgan fingerprint density at radius 1 is 1.16 bits per heavy atom. The summed E-state index contributed by atoms with van der Waals surface area (Å²) in [6.07, 6.45) is 3.85. The van der Waals surface area contributed by atoms with Crippen LogP contribution < -0.4 is 10.1 Å². The summed E-state index contributed by atoms with van der Waals surface area (Å²) in [6.45, 7) is 2.74. The van der Waals surface area contributed by atoms with Crippen LogP contribution in [0.3, 0.4) is 0 Å². The number of carbonyl (C=O) groups excluding carboxylic acids is 1. The third kappa shape index (κ3) is 5.73. The molecule has 9 heteroatoms. The molecule has 6 rings (SSSR count). The highest BCUT2D eigenvalue weighted by Crippen LogP contribution is 2.33. The largest absolute Gasteiger partial charge is 0.490 e. The van der Waals surface area contributed by atoms with Crippen LogP contribution in [0.2, 0.25) is 4.34 Å². The zero-order valence-electron chi connectivity index (χ0n) is 20.9. The first-order chi connectivity index (χ1) is 18.5. The Morgan fingerprint density at radius 2 is 1.95 bits per heavy atom. The van der Waals surface area contributed by atoms with E-state index in [2.05, 4.69) is 15.4 Å². The number of thiophene rings is 1. The van der Waals surface area contributed by atoms with Crippen molar-refractivity contribution in [1.82, 2.24) is 10.2 Å². The van der Waals surface area contributed by atoms with Gasteiger partial charge in [0, 0.05) is 22.5 Å². The van der Waals surface area contributed by atoms with Crippen LogP contribution in [0, 0.1) is 0 Å². The lowest BCUT2D eigenvalue weighted by molar-refractivity contribution is -0.116. The molecule has 3 aliphatic rings. The molecule has 198 valence electrons. The van der Waals surface area contributed by atoms with Crippen LogP contribution in [0.4, 0.5) is 0 Å². The van der Waals surface area contributed by atoms with Crippen molar-refractivity contribution >= 4 is 34.6 Å². The Hall–Kier alpha value is -2.91. The summed E-state index contributed by atoms with van der Waals surface area (Å²) < 4.78 is 6.57. The number of oxime groups is 1. The number of halogens is 1. The van der Waals surface area contributed by atoms with Gasteiger partial charge >= 0.3 is 0 Å². The molecule has 2 N–H and O–H groups in total. The number of likely N-dealkylation sites (tertiary alicyclic amines) is 1. The molecule has 3 aromatic rings. The lowest BCUT2D eigenvalue weighted by Crippen LogP contribution is -2.49. The first-order valence-corrected chi connectivity index (χ1v) is 14.3. The van der Waals surface area contributed by atoms with Crippen molar-refractivity contribution in [1.29, 1.82) is 0 Å². The number of hydrogen-bond donors (Lipinski definition) is 2. The van der Waals surface area contributed by atoms with Crippen molar-refractivity contribution in [3.8, 4) is 16.2 Å². The van der Waals surface area contributed by atoms with Crippen LogP contribution in [-0.2, 0) is 16.2 Å². The maximum atomic E-state index is 13.5. The molecule has 38 heavy (non-hydrogen) atoms. The number of nitrogens with zero attached hydrogens (tertiary/aromatic N) is 2. The number of hydrogen-bond acceptors (Lipinski definition) is 7. The lowest BCUT2D eigenvalue weighted by Gasteiger charge is -2.29. The van der Waals surface area contributed by atoms with Crippen molar-refractivity contribution in [3.05, 3.63) is 75.6 Å². The Morgan fingerprint density at radius 3 is 2.66 bits per heavy atom. The van der Waals surface area contributed by atoms with Gasteiger partial charge in [-0.05, 0) is 80.2 Å². The molecule has 7 nitrogen and oxygen atoms in total. The summed E-state index contributed by atoms with van der Waals surface area (Å²) in [5.74, 6) is 0.438. The van der Waals surface area contributed by atoms with Crippen LogP contribution in [0.25, 0.3) is 10.4 Å². The normalized spacial score (nSPS) is 18.7. The minimum Gasteiger partial charge on any atom is -0.490 e. The summed E-state index contributed by atoms with van der Waals surface area (Å²) in [4.78, 5) is 22.3. The van der Waals surface area contributed by atoms with Gasteiger partial charge in [-0.3, -0.25) is 4.79 Å². The molecule has 1 saturated heterocycles. The molecule has 2 aliphatic heterocycles. The smallest absolute Gasteiger partial charge is 0.274 e. The predicted molar refractivity (Wildman–Crippen MR) is 149 cm³/mol. The lowest BCUT2D eigenvalue weighted by atomic mass is 9.97. The summed E-state index contributed by atoms with van der Waals surface area (Å²) in [5.41, 5.74) is 3.58. The molecule has 0 bridgehead atoms. The highest BCUT2D eigenvalue weighted by Gasteiger charge is 2.31. The fourth-order valence-corrected chi connectivity index (χ4v) is 6.04. The number of carbonyl (C=O) groups is 1. The number of benzene rings is 2. The number of amides is 1. The fourth-order valence-electron chi connectivity index (χ4n) is 5.00. The molecular formula is C29H30ClN3O4S. The number of nitrogens with one attached hydrogen (secondary N) is 1. The minimum atomic E-state index is -0.884. The van der Waals surface area contributed by atoms with Gasteiger partial charge < -0.3 is 24.9 Å². The van der Waals surface area contributed by atoms with Crippen LogP contribution in [0.5, 0.6) is 5.75 Å². The number of ether oxygens (including phenoxy) is 1. The quantitative estimate of drug-likeness (QED) is 0.384. The highest BCUT2D eigenvalue weighted by molar-refractivity contribution is 7.19. The summed E-state index contributed by atoms with van der Waals surface area (Å²) in [7, 11) is 0. The number of aliphatic hydroxyl groups is 1. The van der Waals surface area contributed by atoms with Crippen LogP contribution in [-0.4, -0.2) is 53.4 Å². The zero-order chi connectivity index (χ0) is 26.1. The average Bonchev–Trinajstić information content (AvgIpc) is 3.39. The van der Waals surface area contributed by atoms with E-state index >= 15 is 0 Å². The molecule has 0 unspecified atom stereocenters. The van der Waals surface area contributed by atoms with E-state index in [1.54, 1.807) is 0 Å². The van der Waals surface area contributed by atoms with E-state index in [0.29, 0.717) is 12.6 Å². The SMILES string of the molecule is O=C(N[C@H](CN1CCCC1)[C@H](O)c1ccc(OC2CC2)cc1)C1=NOCc2cc(-c3ccc(Cl)s3)ccc21. The molecule has 2 aromatic carbocycles. The summed E-state index contributed by atoms with van der Waals surface area (Å²) >= 11 is 7.62. The Kier molecular flexibility index (Phi) is 7.39. The van der Waals surface area contributed by atoms with Crippen LogP contribution >= 0.6 is 22.9 Å². The second-order valence-corrected chi connectivity index (χ2v) is 11.8. The third-order valence-electron chi connectivity index (χ3n) is 7.21. The maximum Gasteiger partial charge on any atom is 0.274 e. The molecule has 1 saturated carbocycles. The number of rotatable bonds is 9. The second-order valence-electron chi connectivity index (χ2n) is 10.1. The van der Waals surface area contributed by atoms with Gasteiger partial charge in [0.05, 0.1) is 16.5 Å². The fraction of sp³-hybridized carbons (Fsp3) is 0.379. The molecule has 2 fully saturated rings. The number of fused-ring (bicyclic) bond motifs is 1. The standard InChI is InChI=1S/C29H30ClN3O4S/c30-26-12-11-25(38-26)19-5-10-23-20(15-19)17-36-32-27(23)29(35)31-24(16-33-13-1-2-14-33)28(34)18-3-6-21(7-4-18)37-22-8-9-22/h3-7,10-12,15,22,24,28,34H,1-2,8-9,13-14,16-17H2,(H,31,35)/t24-,28-/m1/s1. The van der Waals surface area contributed by atoms with Gasteiger partial charge in [-0.2, -0.15) is 0 Å². The molecule has 1 amide bonds. The van der Waals surface area contributed by atoms with E-state index in [4.69, 9.17) is 21.2 Å². The van der Waals surface area contributed by atoms with Gasteiger partial charge in [0.2, 0.25) is 0 Å². The van der Waals surface area contributed by atoms with E-state index in [9.17, 15) is 9.90 Å². The van der Waals surface area contributed by atoms with Crippen LogP contribution in [0.15, 0.2) is 59.8 Å². The monoisotopic (exact) mass is 551 g/mol. The van der Waals surface area contributed by atoms with E-state index in [1.165, 1.54) is 11.3 Å². The van der Waals surface area contributed by atoms with Crippen molar-refractivity contribution in [2.75, 3.05) is 19.6 Å². The molecule has 1 aromatic heterocycles. The second kappa shape index (κ2) is 11.1. The van der Waals surface area contributed by atoms with E-state index in [-0.39, 0.29) is 18.2 Å². The van der Waals surface area contributed by atoms with Gasteiger partial charge in [-0.15, -0.1) is 11.3 Å². The highest BCUT2D eigenvalue weighted by atomic mass is 35.5. The van der Waals surface area contributed by atoms with Crippen LogP contribution in [0.1, 0.15) is 48.5 Å². The van der Waals surface area contributed by atoms with Crippen molar-refractivity contribution in [2.45, 2.75) is 50.5 Å². The Bertz CT molecular complexity index is 1330. The van der Waals surface area contributed by atoms with Gasteiger partial charge in [0.1, 0.15) is 18.5 Å². The number of aliphatic hydroxyl groups excluding tert-OH is 1. The van der Waals surface area contributed by atoms with Gasteiger partial charge in [-0.1, -0.05) is 41.0 Å². The van der Waals surface area contributed by atoms with Crippen molar-refractivity contribution < 1.29 is 19.5 Å². The van der Waals surface area contributed by atoms with E-state index < -0.39 is 12.1 Å². The molecule has 0 radical (unpaired) electrons. The first kappa shape index (κ1) is 25.4. The minimum absolute atomic E-state index is 0.216. The average molecular weight is 552 g/mol. The Labute approximate surface area is 231 Å². The van der Waals surface area contributed by atoms with Crippen molar-refractivity contribution in [2.24, 2.45) is 5.16 Å². The van der Waals surface area contributed by atoms with Gasteiger partial charge in [-0.25, -0.2) is 0 Å². The zero-order valence-corrected chi connectivity index (χ0v) is 22.5. The molecule has 1 aliphatic carbocycles. The third-order valence-corrected chi connectivity index (χ3v) is 8.49.